The molecule has 0 saturated carbocycles. The van der Waals surface area contributed by atoms with Crippen molar-refractivity contribution < 1.29 is 0 Å². The second-order valence-corrected chi connectivity index (χ2v) is 6.98. The Morgan fingerprint density at radius 3 is 2.69 bits per heavy atom. The molecule has 4 aromatic rings. The Kier molecular flexibility index (Phi) is 3.40. The van der Waals surface area contributed by atoms with Crippen LogP contribution in [-0.4, -0.2) is 14.6 Å². The van der Waals surface area contributed by atoms with Crippen molar-refractivity contribution in [1.82, 2.24) is 14.6 Å². The van der Waals surface area contributed by atoms with Crippen molar-refractivity contribution in [2.75, 3.05) is 0 Å². The topological polar surface area (TPSA) is 56.2 Å². The summed E-state index contributed by atoms with van der Waals surface area (Å²) in [6, 6.07) is 21.1. The van der Waals surface area contributed by atoms with Crippen molar-refractivity contribution >= 4 is 5.65 Å². The third kappa shape index (κ3) is 2.34. The molecule has 1 unspecified atom stereocenters. The molecule has 2 N–H and O–H groups in total. The fourth-order valence-electron chi connectivity index (χ4n) is 3.88. The van der Waals surface area contributed by atoms with Gasteiger partial charge >= 0.3 is 0 Å². The maximum Gasteiger partial charge on any atom is 0.154 e. The van der Waals surface area contributed by atoms with Gasteiger partial charge in [-0.25, -0.2) is 9.50 Å². The smallest absolute Gasteiger partial charge is 0.154 e. The van der Waals surface area contributed by atoms with Gasteiger partial charge in [-0.05, 0) is 49.1 Å². The van der Waals surface area contributed by atoms with Crippen LogP contribution in [-0.2, 0) is 6.42 Å². The maximum absolute atomic E-state index is 6.20. The predicted octanol–water partition coefficient (Wildman–Crippen LogP) is 4.32. The van der Waals surface area contributed by atoms with Gasteiger partial charge in [0.25, 0.3) is 0 Å². The van der Waals surface area contributed by atoms with E-state index in [4.69, 9.17) is 15.8 Å². The maximum atomic E-state index is 6.20. The average Bonchev–Trinajstić information content (AvgIpc) is 3.22. The van der Waals surface area contributed by atoms with Crippen molar-refractivity contribution in [3.63, 3.8) is 0 Å². The Bertz CT molecular complexity index is 1110. The van der Waals surface area contributed by atoms with E-state index in [1.165, 1.54) is 11.1 Å². The van der Waals surface area contributed by atoms with Gasteiger partial charge in [-0.15, -0.1) is 0 Å². The fraction of sp³-hybridized carbons (Fsp3) is 0.182. The molecule has 0 fully saturated rings. The lowest BCUT2D eigenvalue weighted by molar-refractivity contribution is 0.713. The molecule has 1 aliphatic rings. The summed E-state index contributed by atoms with van der Waals surface area (Å²) >= 11 is 0. The number of hydrogen-bond donors (Lipinski definition) is 1. The van der Waals surface area contributed by atoms with Gasteiger partial charge in [-0.3, -0.25) is 0 Å². The lowest BCUT2D eigenvalue weighted by Gasteiger charge is -2.08. The second kappa shape index (κ2) is 5.78. The quantitative estimate of drug-likeness (QED) is 0.591. The zero-order valence-electron chi connectivity index (χ0n) is 14.7. The molecular formula is C22H20N4. The summed E-state index contributed by atoms with van der Waals surface area (Å²) in [5.74, 6) is 0. The van der Waals surface area contributed by atoms with E-state index < -0.39 is 0 Å². The second-order valence-electron chi connectivity index (χ2n) is 6.98. The first-order valence-electron chi connectivity index (χ1n) is 9.01. The molecule has 4 heteroatoms. The number of benzene rings is 2. The molecule has 2 aromatic carbocycles. The largest absolute Gasteiger partial charge is 0.324 e. The van der Waals surface area contributed by atoms with Crippen LogP contribution in [0.25, 0.3) is 28.2 Å². The number of nitrogens with two attached hydrogens (primary N) is 1. The highest BCUT2D eigenvalue weighted by Crippen LogP contribution is 2.36. The minimum atomic E-state index is 0.165. The standard InChI is InChI=1S/C22H20N4/c1-14-7-12-20-24-21(17-8-10-18-16(13-17)9-11-19(18)23)22(26(20)25-14)15-5-3-2-4-6-15/h2-8,10,12-13,19H,9,11,23H2,1H3. The van der Waals surface area contributed by atoms with Crippen LogP contribution in [0.5, 0.6) is 0 Å². The van der Waals surface area contributed by atoms with Crippen molar-refractivity contribution in [3.05, 3.63) is 77.5 Å². The van der Waals surface area contributed by atoms with E-state index in [0.29, 0.717) is 0 Å². The summed E-state index contributed by atoms with van der Waals surface area (Å²) in [5, 5.41) is 4.72. The van der Waals surface area contributed by atoms with E-state index in [0.717, 1.165) is 46.7 Å². The van der Waals surface area contributed by atoms with E-state index in [-0.39, 0.29) is 6.04 Å². The van der Waals surface area contributed by atoms with Crippen LogP contribution in [0.15, 0.2) is 60.7 Å². The van der Waals surface area contributed by atoms with Crippen molar-refractivity contribution in [3.8, 4) is 22.5 Å². The highest BCUT2D eigenvalue weighted by atomic mass is 15.3. The summed E-state index contributed by atoms with van der Waals surface area (Å²) in [6.45, 7) is 2.00. The molecule has 26 heavy (non-hydrogen) atoms. The van der Waals surface area contributed by atoms with E-state index in [1.807, 2.05) is 29.6 Å². The molecule has 4 nitrogen and oxygen atoms in total. The van der Waals surface area contributed by atoms with E-state index in [9.17, 15) is 0 Å². The molecule has 0 saturated heterocycles. The first-order chi connectivity index (χ1) is 12.7. The molecule has 2 heterocycles. The van der Waals surface area contributed by atoms with Gasteiger partial charge in [0.05, 0.1) is 11.4 Å². The van der Waals surface area contributed by atoms with Crippen LogP contribution in [0.1, 0.15) is 29.3 Å². The van der Waals surface area contributed by atoms with Crippen LogP contribution >= 0.6 is 0 Å². The van der Waals surface area contributed by atoms with Crippen LogP contribution in [0.3, 0.4) is 0 Å². The molecule has 1 atom stereocenters. The zero-order chi connectivity index (χ0) is 17.7. The number of fused-ring (bicyclic) bond motifs is 2. The highest BCUT2D eigenvalue weighted by Gasteiger charge is 2.22. The Hall–Kier alpha value is -2.98. The van der Waals surface area contributed by atoms with Gasteiger partial charge in [0, 0.05) is 17.2 Å². The first-order valence-corrected chi connectivity index (χ1v) is 9.01. The third-order valence-corrected chi connectivity index (χ3v) is 5.20. The molecule has 0 spiro atoms. The molecule has 0 aliphatic heterocycles. The van der Waals surface area contributed by atoms with Crippen LogP contribution in [0.2, 0.25) is 0 Å². The SMILES string of the molecule is Cc1ccc2nc(-c3ccc4c(c3)CCC4N)c(-c3ccccc3)n2n1. The normalized spacial score (nSPS) is 16.2. The van der Waals surface area contributed by atoms with Crippen molar-refractivity contribution in [2.24, 2.45) is 5.73 Å². The number of rotatable bonds is 2. The van der Waals surface area contributed by atoms with Gasteiger partial charge in [-0.2, -0.15) is 5.10 Å². The van der Waals surface area contributed by atoms with Crippen LogP contribution < -0.4 is 5.73 Å². The summed E-state index contributed by atoms with van der Waals surface area (Å²) in [7, 11) is 0. The summed E-state index contributed by atoms with van der Waals surface area (Å²) in [5.41, 5.74) is 14.9. The van der Waals surface area contributed by atoms with E-state index >= 15 is 0 Å². The van der Waals surface area contributed by atoms with Gasteiger partial charge < -0.3 is 5.73 Å². The average molecular weight is 340 g/mol. The summed E-state index contributed by atoms with van der Waals surface area (Å²) in [6.07, 6.45) is 2.06. The Morgan fingerprint density at radius 2 is 1.85 bits per heavy atom. The van der Waals surface area contributed by atoms with Crippen molar-refractivity contribution in [2.45, 2.75) is 25.8 Å². The third-order valence-electron chi connectivity index (χ3n) is 5.20. The van der Waals surface area contributed by atoms with Gasteiger partial charge in [0.15, 0.2) is 5.65 Å². The van der Waals surface area contributed by atoms with Gasteiger partial charge in [-0.1, -0.05) is 42.5 Å². The lowest BCUT2D eigenvalue weighted by atomic mass is 10.0. The fourth-order valence-corrected chi connectivity index (χ4v) is 3.88. The van der Waals surface area contributed by atoms with Crippen LogP contribution in [0.4, 0.5) is 0 Å². The number of aromatic nitrogens is 3. The lowest BCUT2D eigenvalue weighted by Crippen LogP contribution is -2.04. The molecule has 128 valence electrons. The van der Waals surface area contributed by atoms with E-state index in [2.05, 4.69) is 42.5 Å². The number of aryl methyl sites for hydroxylation is 2. The summed E-state index contributed by atoms with van der Waals surface area (Å²) < 4.78 is 1.96. The predicted molar refractivity (Wildman–Crippen MR) is 104 cm³/mol. The minimum Gasteiger partial charge on any atom is -0.324 e. The molecule has 0 bridgehead atoms. The monoisotopic (exact) mass is 340 g/mol. The molecule has 0 amide bonds. The van der Waals surface area contributed by atoms with Gasteiger partial charge in [0.2, 0.25) is 0 Å². The van der Waals surface area contributed by atoms with E-state index in [1.54, 1.807) is 0 Å². The Labute approximate surface area is 152 Å². The number of imidazole rings is 1. The molecule has 1 aliphatic carbocycles. The molecular weight excluding hydrogens is 320 g/mol. The Morgan fingerprint density at radius 1 is 1.00 bits per heavy atom. The minimum absolute atomic E-state index is 0.165. The van der Waals surface area contributed by atoms with Crippen LogP contribution in [0, 0.1) is 6.92 Å². The molecule has 5 rings (SSSR count). The van der Waals surface area contributed by atoms with Crippen molar-refractivity contribution in [1.29, 1.82) is 0 Å². The summed E-state index contributed by atoms with van der Waals surface area (Å²) in [4.78, 5) is 4.91. The zero-order valence-corrected chi connectivity index (χ0v) is 14.7. The highest BCUT2D eigenvalue weighted by molar-refractivity contribution is 5.82. The van der Waals surface area contributed by atoms with Gasteiger partial charge in [0.1, 0.15) is 5.69 Å². The number of nitrogens with zero attached hydrogens (tertiary/aromatic N) is 3. The first kappa shape index (κ1) is 15.3. The number of hydrogen-bond acceptors (Lipinski definition) is 3. The molecule has 0 radical (unpaired) electrons. The Balaban J connectivity index is 1.78. The molecule has 2 aromatic heterocycles.